The van der Waals surface area contributed by atoms with Crippen molar-refractivity contribution in [3.05, 3.63) is 51.5 Å². The molecular weight excluding hydrogens is 459 g/mol. The standard InChI is InChI=1S/C19H28N4OS.HI/c1-4-10-24-14-17-9-7-6-8-16(17)12-22-19(20-5-2)23-13-18-21-11-15(3)25-18;/h6-9,11H,4-5,10,12-14H2,1-3H3,(H2,20,22,23);1H. The fourth-order valence-corrected chi connectivity index (χ4v) is 3.05. The van der Waals surface area contributed by atoms with Crippen molar-refractivity contribution in [3.63, 3.8) is 0 Å². The average Bonchev–Trinajstić information content (AvgIpc) is 3.04. The van der Waals surface area contributed by atoms with Crippen LogP contribution in [-0.2, 0) is 24.4 Å². The lowest BCUT2D eigenvalue weighted by Gasteiger charge is -2.12. The maximum absolute atomic E-state index is 5.68. The number of thiazole rings is 1. The number of ether oxygens (including phenoxy) is 1. The highest BCUT2D eigenvalue weighted by molar-refractivity contribution is 14.0. The number of aromatic nitrogens is 1. The fraction of sp³-hybridized carbons (Fsp3) is 0.474. The molecule has 0 amide bonds. The Morgan fingerprint density at radius 2 is 1.96 bits per heavy atom. The average molecular weight is 488 g/mol. The Balaban J connectivity index is 0.00000338. The van der Waals surface area contributed by atoms with Crippen LogP contribution in [0.25, 0.3) is 0 Å². The lowest BCUT2D eigenvalue weighted by atomic mass is 10.1. The summed E-state index contributed by atoms with van der Waals surface area (Å²) >= 11 is 1.70. The molecule has 0 saturated carbocycles. The maximum atomic E-state index is 5.68. The van der Waals surface area contributed by atoms with E-state index in [0.717, 1.165) is 30.5 Å². The van der Waals surface area contributed by atoms with Gasteiger partial charge in [0, 0.05) is 24.2 Å². The Morgan fingerprint density at radius 3 is 2.62 bits per heavy atom. The van der Waals surface area contributed by atoms with E-state index in [1.807, 2.05) is 18.3 Å². The van der Waals surface area contributed by atoms with E-state index in [0.29, 0.717) is 19.7 Å². The van der Waals surface area contributed by atoms with Crippen molar-refractivity contribution in [3.8, 4) is 0 Å². The summed E-state index contributed by atoms with van der Waals surface area (Å²) in [4.78, 5) is 10.3. The number of guanidine groups is 1. The molecule has 2 aromatic rings. The van der Waals surface area contributed by atoms with E-state index in [9.17, 15) is 0 Å². The van der Waals surface area contributed by atoms with E-state index >= 15 is 0 Å². The molecule has 0 unspecified atom stereocenters. The van der Waals surface area contributed by atoms with Gasteiger partial charge in [-0.2, -0.15) is 0 Å². The van der Waals surface area contributed by atoms with Crippen LogP contribution in [0.3, 0.4) is 0 Å². The predicted molar refractivity (Wildman–Crippen MR) is 120 cm³/mol. The number of nitrogens with one attached hydrogen (secondary N) is 2. The van der Waals surface area contributed by atoms with Crippen LogP contribution in [0.15, 0.2) is 35.5 Å². The third kappa shape index (κ3) is 8.01. The van der Waals surface area contributed by atoms with Gasteiger partial charge < -0.3 is 15.4 Å². The molecule has 0 fully saturated rings. The first kappa shape index (κ1) is 22.9. The molecule has 0 aliphatic carbocycles. The molecule has 5 nitrogen and oxygen atoms in total. The molecule has 2 N–H and O–H groups in total. The predicted octanol–water partition coefficient (Wildman–Crippen LogP) is 4.25. The van der Waals surface area contributed by atoms with Crippen LogP contribution in [0.1, 0.15) is 41.3 Å². The Kier molecular flexibility index (Phi) is 11.5. The van der Waals surface area contributed by atoms with Gasteiger partial charge in [0.1, 0.15) is 5.01 Å². The fourth-order valence-electron chi connectivity index (χ4n) is 2.33. The van der Waals surface area contributed by atoms with E-state index in [1.165, 1.54) is 16.0 Å². The summed E-state index contributed by atoms with van der Waals surface area (Å²) in [7, 11) is 0. The molecule has 2 rings (SSSR count). The molecule has 0 bridgehead atoms. The van der Waals surface area contributed by atoms with Crippen molar-refractivity contribution < 1.29 is 4.74 Å². The van der Waals surface area contributed by atoms with E-state index in [1.54, 1.807) is 11.3 Å². The Labute approximate surface area is 177 Å². The van der Waals surface area contributed by atoms with Gasteiger partial charge in [0.05, 0.1) is 19.7 Å². The maximum Gasteiger partial charge on any atom is 0.191 e. The van der Waals surface area contributed by atoms with E-state index in [2.05, 4.69) is 48.5 Å². The van der Waals surface area contributed by atoms with Crippen LogP contribution in [0.4, 0.5) is 0 Å². The monoisotopic (exact) mass is 488 g/mol. The molecule has 1 aromatic heterocycles. The first-order valence-corrected chi connectivity index (χ1v) is 9.62. The molecule has 7 heteroatoms. The molecule has 0 radical (unpaired) electrons. The molecular formula is C19H29IN4OS. The molecule has 0 atom stereocenters. The van der Waals surface area contributed by atoms with Crippen molar-refractivity contribution in [1.29, 1.82) is 0 Å². The molecule has 0 spiro atoms. The van der Waals surface area contributed by atoms with E-state index in [-0.39, 0.29) is 24.0 Å². The molecule has 26 heavy (non-hydrogen) atoms. The highest BCUT2D eigenvalue weighted by atomic mass is 127. The molecule has 144 valence electrons. The SMILES string of the molecule is CCCOCc1ccccc1CN=C(NCC)NCc1ncc(C)s1.I. The van der Waals surface area contributed by atoms with Gasteiger partial charge in [0.2, 0.25) is 0 Å². The number of hydrogen-bond donors (Lipinski definition) is 2. The summed E-state index contributed by atoms with van der Waals surface area (Å²) in [5.41, 5.74) is 2.40. The van der Waals surface area contributed by atoms with Gasteiger partial charge in [-0.05, 0) is 31.4 Å². The van der Waals surface area contributed by atoms with Crippen molar-refractivity contribution in [1.82, 2.24) is 15.6 Å². The van der Waals surface area contributed by atoms with Gasteiger partial charge in [0.15, 0.2) is 5.96 Å². The van der Waals surface area contributed by atoms with E-state index in [4.69, 9.17) is 9.73 Å². The second-order valence-corrected chi connectivity index (χ2v) is 7.05. The van der Waals surface area contributed by atoms with Crippen molar-refractivity contribution in [2.75, 3.05) is 13.2 Å². The molecule has 0 aliphatic rings. The minimum Gasteiger partial charge on any atom is -0.377 e. The van der Waals surface area contributed by atoms with Gasteiger partial charge in [0.25, 0.3) is 0 Å². The summed E-state index contributed by atoms with van der Waals surface area (Å²) in [6.45, 7) is 9.81. The van der Waals surface area contributed by atoms with Crippen LogP contribution < -0.4 is 10.6 Å². The van der Waals surface area contributed by atoms with Gasteiger partial charge in [-0.1, -0.05) is 31.2 Å². The van der Waals surface area contributed by atoms with Crippen LogP contribution in [0.5, 0.6) is 0 Å². The third-order valence-electron chi connectivity index (χ3n) is 3.55. The van der Waals surface area contributed by atoms with Crippen molar-refractivity contribution in [2.45, 2.75) is 46.9 Å². The Morgan fingerprint density at radius 1 is 1.19 bits per heavy atom. The molecule has 1 aromatic carbocycles. The Hall–Kier alpha value is -1.19. The van der Waals surface area contributed by atoms with Crippen LogP contribution >= 0.6 is 35.3 Å². The normalized spacial score (nSPS) is 11.1. The number of aliphatic imine (C=N–C) groups is 1. The zero-order valence-corrected chi connectivity index (χ0v) is 18.9. The zero-order chi connectivity index (χ0) is 17.9. The highest BCUT2D eigenvalue weighted by Gasteiger charge is 2.04. The van der Waals surface area contributed by atoms with Crippen LogP contribution in [0.2, 0.25) is 0 Å². The summed E-state index contributed by atoms with van der Waals surface area (Å²) in [5, 5.41) is 7.70. The van der Waals surface area contributed by atoms with Crippen LogP contribution in [-0.4, -0.2) is 24.1 Å². The zero-order valence-electron chi connectivity index (χ0n) is 15.7. The van der Waals surface area contributed by atoms with Crippen molar-refractivity contribution >= 4 is 41.3 Å². The second kappa shape index (κ2) is 13.1. The van der Waals surface area contributed by atoms with Crippen LogP contribution in [0, 0.1) is 6.92 Å². The second-order valence-electron chi connectivity index (χ2n) is 5.73. The molecule has 0 aliphatic heterocycles. The number of hydrogen-bond acceptors (Lipinski definition) is 4. The van der Waals surface area contributed by atoms with Crippen molar-refractivity contribution in [2.24, 2.45) is 4.99 Å². The summed E-state index contributed by atoms with van der Waals surface area (Å²) in [6, 6.07) is 8.32. The Bertz CT molecular complexity index is 675. The minimum absolute atomic E-state index is 0. The smallest absolute Gasteiger partial charge is 0.191 e. The van der Waals surface area contributed by atoms with E-state index < -0.39 is 0 Å². The first-order chi connectivity index (χ1) is 12.2. The number of nitrogens with zero attached hydrogens (tertiary/aromatic N) is 2. The number of rotatable bonds is 9. The lowest BCUT2D eigenvalue weighted by Crippen LogP contribution is -2.36. The molecule has 1 heterocycles. The van der Waals surface area contributed by atoms with Gasteiger partial charge >= 0.3 is 0 Å². The largest absolute Gasteiger partial charge is 0.377 e. The van der Waals surface area contributed by atoms with Gasteiger partial charge in [-0.25, -0.2) is 9.98 Å². The molecule has 0 saturated heterocycles. The quantitative estimate of drug-likeness (QED) is 0.240. The van der Waals surface area contributed by atoms with Gasteiger partial charge in [-0.3, -0.25) is 0 Å². The lowest BCUT2D eigenvalue weighted by molar-refractivity contribution is 0.121. The summed E-state index contributed by atoms with van der Waals surface area (Å²) in [5.74, 6) is 0.805. The summed E-state index contributed by atoms with van der Waals surface area (Å²) in [6.07, 6.45) is 2.93. The topological polar surface area (TPSA) is 58.5 Å². The number of aryl methyl sites for hydroxylation is 1. The number of halogens is 1. The van der Waals surface area contributed by atoms with Gasteiger partial charge in [-0.15, -0.1) is 35.3 Å². The summed E-state index contributed by atoms with van der Waals surface area (Å²) < 4.78 is 5.68. The first-order valence-electron chi connectivity index (χ1n) is 8.81. The minimum atomic E-state index is 0. The third-order valence-corrected chi connectivity index (χ3v) is 4.47. The highest BCUT2D eigenvalue weighted by Crippen LogP contribution is 2.12. The number of benzene rings is 1.